The third-order valence-electron chi connectivity index (χ3n) is 4.99. The molecule has 0 radical (unpaired) electrons. The Bertz CT molecular complexity index is 1100. The zero-order valence-corrected chi connectivity index (χ0v) is 17.8. The molecule has 8 nitrogen and oxygen atoms in total. The van der Waals surface area contributed by atoms with Crippen LogP contribution in [0.4, 0.5) is 28.8 Å². The number of amides is 1. The maximum absolute atomic E-state index is 11.7. The van der Waals surface area contributed by atoms with Crippen molar-refractivity contribution in [1.82, 2.24) is 9.97 Å². The number of ether oxygens (including phenoxy) is 1. The van der Waals surface area contributed by atoms with E-state index < -0.39 is 5.91 Å². The second-order valence-corrected chi connectivity index (χ2v) is 7.56. The molecule has 2 heterocycles. The highest BCUT2D eigenvalue weighted by Gasteiger charge is 2.14. The average molecular weight is 439 g/mol. The normalized spacial score (nSPS) is 13.7. The van der Waals surface area contributed by atoms with Crippen LogP contribution in [0.25, 0.3) is 0 Å². The number of nitrogens with two attached hydrogens (primary N) is 1. The van der Waals surface area contributed by atoms with Crippen molar-refractivity contribution in [3.63, 3.8) is 0 Å². The van der Waals surface area contributed by atoms with Crippen molar-refractivity contribution in [1.29, 1.82) is 0 Å². The van der Waals surface area contributed by atoms with Gasteiger partial charge in [-0.3, -0.25) is 4.79 Å². The van der Waals surface area contributed by atoms with Crippen molar-refractivity contribution < 1.29 is 9.53 Å². The molecule has 4 rings (SSSR count). The number of rotatable bonds is 6. The van der Waals surface area contributed by atoms with Crippen LogP contribution in [-0.4, -0.2) is 42.2 Å². The van der Waals surface area contributed by atoms with Gasteiger partial charge in [-0.15, -0.1) is 0 Å². The number of hydrogen-bond acceptors (Lipinski definition) is 7. The number of para-hydroxylation sites is 1. The minimum Gasteiger partial charge on any atom is -0.378 e. The van der Waals surface area contributed by atoms with Gasteiger partial charge >= 0.3 is 0 Å². The lowest BCUT2D eigenvalue weighted by Crippen LogP contribution is -2.36. The van der Waals surface area contributed by atoms with E-state index in [2.05, 4.69) is 44.6 Å². The van der Waals surface area contributed by atoms with Gasteiger partial charge < -0.3 is 26.0 Å². The number of anilines is 5. The molecule has 0 unspecified atom stereocenters. The lowest BCUT2D eigenvalue weighted by Gasteiger charge is -2.30. The maximum atomic E-state index is 11.7. The van der Waals surface area contributed by atoms with Gasteiger partial charge in [0.2, 0.25) is 5.95 Å². The Morgan fingerprint density at radius 1 is 1.16 bits per heavy atom. The fourth-order valence-corrected chi connectivity index (χ4v) is 3.61. The summed E-state index contributed by atoms with van der Waals surface area (Å²) in [5.74, 6) is 0.207. The Morgan fingerprint density at radius 2 is 1.94 bits per heavy atom. The van der Waals surface area contributed by atoms with Crippen LogP contribution in [0.1, 0.15) is 15.9 Å². The van der Waals surface area contributed by atoms with Crippen molar-refractivity contribution in [2.75, 3.05) is 41.8 Å². The van der Waals surface area contributed by atoms with Gasteiger partial charge in [0.05, 0.1) is 30.7 Å². The van der Waals surface area contributed by atoms with Gasteiger partial charge in [0.15, 0.2) is 5.82 Å². The summed E-state index contributed by atoms with van der Waals surface area (Å²) < 4.78 is 5.43. The summed E-state index contributed by atoms with van der Waals surface area (Å²) in [6.45, 7) is 5.33. The van der Waals surface area contributed by atoms with Crippen molar-refractivity contribution >= 4 is 46.3 Å². The molecule has 0 aliphatic carbocycles. The molecule has 0 atom stereocenters. The number of morpholine rings is 1. The molecule has 9 heteroatoms. The molecule has 1 amide bonds. The van der Waals surface area contributed by atoms with Crippen LogP contribution in [0.5, 0.6) is 0 Å². The number of hydrogen-bond donors (Lipinski definition) is 3. The SMILES string of the molecule is Cc1cc(Nc2ncc(Cl)c(Nc3ccccc3C(N)=O)n2)ccc1N1CCOCC1. The van der Waals surface area contributed by atoms with Gasteiger partial charge in [-0.2, -0.15) is 4.98 Å². The molecule has 1 aliphatic heterocycles. The van der Waals surface area contributed by atoms with E-state index in [4.69, 9.17) is 22.1 Å². The van der Waals surface area contributed by atoms with E-state index >= 15 is 0 Å². The first-order valence-electron chi connectivity index (χ1n) is 9.90. The fraction of sp³-hybridized carbons (Fsp3) is 0.227. The summed E-state index contributed by atoms with van der Waals surface area (Å²) in [5, 5.41) is 6.60. The quantitative estimate of drug-likeness (QED) is 0.536. The van der Waals surface area contributed by atoms with Crippen LogP contribution in [0.3, 0.4) is 0 Å². The zero-order chi connectivity index (χ0) is 21.8. The van der Waals surface area contributed by atoms with Gasteiger partial charge in [-0.05, 0) is 42.8 Å². The topological polar surface area (TPSA) is 105 Å². The van der Waals surface area contributed by atoms with Crippen molar-refractivity contribution in [3.05, 3.63) is 64.8 Å². The van der Waals surface area contributed by atoms with E-state index in [9.17, 15) is 4.79 Å². The van der Waals surface area contributed by atoms with Crippen LogP contribution in [0.2, 0.25) is 5.02 Å². The molecule has 0 spiro atoms. The minimum absolute atomic E-state index is 0.323. The fourth-order valence-electron chi connectivity index (χ4n) is 3.47. The van der Waals surface area contributed by atoms with Crippen LogP contribution in [0.15, 0.2) is 48.7 Å². The van der Waals surface area contributed by atoms with Crippen molar-refractivity contribution in [3.8, 4) is 0 Å². The second kappa shape index (κ2) is 9.20. The van der Waals surface area contributed by atoms with Gasteiger partial charge in [0.25, 0.3) is 5.91 Å². The molecular weight excluding hydrogens is 416 g/mol. The van der Waals surface area contributed by atoms with Crippen molar-refractivity contribution in [2.24, 2.45) is 5.73 Å². The number of primary amides is 1. The highest BCUT2D eigenvalue weighted by Crippen LogP contribution is 2.28. The minimum atomic E-state index is -0.539. The predicted molar refractivity (Wildman–Crippen MR) is 123 cm³/mol. The van der Waals surface area contributed by atoms with Gasteiger partial charge in [0.1, 0.15) is 5.02 Å². The zero-order valence-electron chi connectivity index (χ0n) is 17.1. The van der Waals surface area contributed by atoms with Crippen LogP contribution < -0.4 is 21.3 Å². The smallest absolute Gasteiger partial charge is 0.250 e. The Labute approximate surface area is 185 Å². The standard InChI is InChI=1S/C22H23ClN6O2/c1-14-12-15(6-7-19(14)29-8-10-31-11-9-29)26-22-25-13-17(23)21(28-22)27-18-5-3-2-4-16(18)20(24)30/h2-7,12-13H,8-11H2,1H3,(H2,24,30)(H2,25,26,27,28). The monoisotopic (exact) mass is 438 g/mol. The lowest BCUT2D eigenvalue weighted by molar-refractivity contribution is 0.100. The highest BCUT2D eigenvalue weighted by molar-refractivity contribution is 6.33. The molecule has 2 aromatic carbocycles. The summed E-state index contributed by atoms with van der Waals surface area (Å²) in [7, 11) is 0. The maximum Gasteiger partial charge on any atom is 0.250 e. The number of nitrogens with zero attached hydrogens (tertiary/aromatic N) is 3. The van der Waals surface area contributed by atoms with Crippen molar-refractivity contribution in [2.45, 2.75) is 6.92 Å². The largest absolute Gasteiger partial charge is 0.378 e. The van der Waals surface area contributed by atoms with E-state index in [1.807, 2.05) is 6.07 Å². The summed E-state index contributed by atoms with van der Waals surface area (Å²) in [4.78, 5) is 22.7. The number of carbonyl (C=O) groups is 1. The van der Waals surface area contributed by atoms with E-state index in [1.54, 1.807) is 24.3 Å². The molecule has 1 aliphatic rings. The van der Waals surface area contributed by atoms with E-state index in [-0.39, 0.29) is 0 Å². The Hall–Kier alpha value is -3.36. The van der Waals surface area contributed by atoms with E-state index in [1.165, 1.54) is 11.9 Å². The average Bonchev–Trinajstić information content (AvgIpc) is 2.77. The number of benzene rings is 2. The number of aryl methyl sites for hydroxylation is 1. The van der Waals surface area contributed by atoms with Crippen LogP contribution >= 0.6 is 11.6 Å². The van der Waals surface area contributed by atoms with Gasteiger partial charge in [0, 0.05) is 24.5 Å². The summed E-state index contributed by atoms with van der Waals surface area (Å²) >= 11 is 6.27. The first-order chi connectivity index (χ1) is 15.0. The van der Waals surface area contributed by atoms with Crippen LogP contribution in [-0.2, 0) is 4.74 Å². The third kappa shape index (κ3) is 4.87. The molecular formula is C22H23ClN6O2. The Balaban J connectivity index is 1.54. The van der Waals surface area contributed by atoms with Gasteiger partial charge in [-0.1, -0.05) is 23.7 Å². The van der Waals surface area contributed by atoms with E-state index in [0.29, 0.717) is 28.0 Å². The number of halogens is 1. The molecule has 0 bridgehead atoms. The Morgan fingerprint density at radius 3 is 2.68 bits per heavy atom. The first-order valence-corrected chi connectivity index (χ1v) is 10.3. The number of nitrogens with one attached hydrogen (secondary N) is 2. The van der Waals surface area contributed by atoms with Crippen LogP contribution in [0, 0.1) is 6.92 Å². The molecule has 0 saturated carbocycles. The lowest BCUT2D eigenvalue weighted by atomic mass is 10.1. The number of aromatic nitrogens is 2. The Kier molecular flexibility index (Phi) is 6.20. The number of carbonyl (C=O) groups excluding carboxylic acids is 1. The predicted octanol–water partition coefficient (Wildman–Crippen LogP) is 3.86. The molecule has 3 aromatic rings. The molecule has 1 fully saturated rings. The summed E-state index contributed by atoms with van der Waals surface area (Å²) in [5.41, 5.74) is 9.52. The highest BCUT2D eigenvalue weighted by atomic mass is 35.5. The van der Waals surface area contributed by atoms with E-state index in [0.717, 1.165) is 37.6 Å². The molecule has 160 valence electrons. The summed E-state index contributed by atoms with van der Waals surface area (Å²) in [6, 6.07) is 13.0. The first kappa shape index (κ1) is 20.9. The molecule has 1 saturated heterocycles. The summed E-state index contributed by atoms with van der Waals surface area (Å²) in [6.07, 6.45) is 1.50. The van der Waals surface area contributed by atoms with Gasteiger partial charge in [-0.25, -0.2) is 4.98 Å². The molecule has 4 N–H and O–H groups in total. The second-order valence-electron chi connectivity index (χ2n) is 7.15. The third-order valence-corrected chi connectivity index (χ3v) is 5.27. The molecule has 1 aromatic heterocycles. The molecule has 31 heavy (non-hydrogen) atoms.